The summed E-state index contributed by atoms with van der Waals surface area (Å²) in [6.45, 7) is 6.04. The van der Waals surface area contributed by atoms with E-state index in [-0.39, 0.29) is 11.3 Å². The average Bonchev–Trinajstić information content (AvgIpc) is 2.50. The maximum absolute atomic E-state index is 13.5. The van der Waals surface area contributed by atoms with Crippen molar-refractivity contribution < 1.29 is 9.13 Å². The summed E-state index contributed by atoms with van der Waals surface area (Å²) in [4.78, 5) is 4.16. The van der Waals surface area contributed by atoms with E-state index in [1.807, 2.05) is 25.3 Å². The van der Waals surface area contributed by atoms with Gasteiger partial charge in [-0.3, -0.25) is 0 Å². The van der Waals surface area contributed by atoms with Gasteiger partial charge in [-0.05, 0) is 20.8 Å². The molecule has 2 N–H and O–H groups in total. The van der Waals surface area contributed by atoms with Crippen molar-refractivity contribution >= 4 is 17.0 Å². The highest BCUT2D eigenvalue weighted by molar-refractivity contribution is 5.80. The molecule has 4 nitrogen and oxygen atoms in total. The van der Waals surface area contributed by atoms with Gasteiger partial charge in [-0.1, -0.05) is 0 Å². The number of hydrogen-bond donors (Lipinski definition) is 1. The third-order valence-electron chi connectivity index (χ3n) is 2.62. The van der Waals surface area contributed by atoms with Crippen LogP contribution in [0.2, 0.25) is 0 Å². The Balaban J connectivity index is 2.81. The molecule has 1 heterocycles. The van der Waals surface area contributed by atoms with Crippen LogP contribution in [-0.2, 0) is 5.54 Å². The summed E-state index contributed by atoms with van der Waals surface area (Å²) in [5, 5.41) is 0. The van der Waals surface area contributed by atoms with Gasteiger partial charge in [0.2, 0.25) is 5.95 Å². The van der Waals surface area contributed by atoms with Gasteiger partial charge in [0, 0.05) is 17.7 Å². The zero-order chi connectivity index (χ0) is 12.8. The number of nitrogen functional groups attached to an aromatic ring is 1. The molecule has 2 aromatic rings. The van der Waals surface area contributed by atoms with Crippen molar-refractivity contribution in [2.45, 2.75) is 26.3 Å². The van der Waals surface area contributed by atoms with Crippen LogP contribution in [0.4, 0.5) is 10.3 Å². The Morgan fingerprint density at radius 1 is 1.35 bits per heavy atom. The first-order chi connectivity index (χ1) is 7.84. The Morgan fingerprint density at radius 3 is 2.53 bits per heavy atom. The lowest BCUT2D eigenvalue weighted by molar-refractivity contribution is 0.385. The smallest absolute Gasteiger partial charge is 0.201 e. The lowest BCUT2D eigenvalue weighted by Gasteiger charge is -2.23. The summed E-state index contributed by atoms with van der Waals surface area (Å²) in [7, 11) is 1.44. The largest absolute Gasteiger partial charge is 0.494 e. The van der Waals surface area contributed by atoms with E-state index in [2.05, 4.69) is 4.98 Å². The minimum atomic E-state index is -0.432. The van der Waals surface area contributed by atoms with Gasteiger partial charge in [-0.15, -0.1) is 0 Å². The van der Waals surface area contributed by atoms with E-state index in [0.29, 0.717) is 11.5 Å². The van der Waals surface area contributed by atoms with E-state index in [1.165, 1.54) is 13.2 Å². The van der Waals surface area contributed by atoms with Gasteiger partial charge in [-0.2, -0.15) is 0 Å². The van der Waals surface area contributed by atoms with E-state index in [1.54, 1.807) is 6.07 Å². The van der Waals surface area contributed by atoms with Crippen LogP contribution in [-0.4, -0.2) is 16.7 Å². The maximum Gasteiger partial charge on any atom is 0.201 e. The highest BCUT2D eigenvalue weighted by Crippen LogP contribution is 2.30. The highest BCUT2D eigenvalue weighted by Gasteiger charge is 2.21. The van der Waals surface area contributed by atoms with E-state index in [0.717, 1.165) is 5.52 Å². The molecule has 0 aliphatic carbocycles. The minimum absolute atomic E-state index is 0.197. The number of benzene rings is 1. The van der Waals surface area contributed by atoms with E-state index in [4.69, 9.17) is 10.5 Å². The molecule has 5 heteroatoms. The summed E-state index contributed by atoms with van der Waals surface area (Å²) in [5.74, 6) is 0.140. The van der Waals surface area contributed by atoms with Crippen LogP contribution in [0.3, 0.4) is 0 Å². The molecular formula is C12H16FN3O. The van der Waals surface area contributed by atoms with Crippen LogP contribution < -0.4 is 10.5 Å². The molecular weight excluding hydrogens is 221 g/mol. The summed E-state index contributed by atoms with van der Waals surface area (Å²) in [5.41, 5.74) is 6.96. The third-order valence-corrected chi connectivity index (χ3v) is 2.62. The topological polar surface area (TPSA) is 53.1 Å². The fourth-order valence-corrected chi connectivity index (χ4v) is 1.96. The number of nitrogens with two attached hydrogens (primary N) is 1. The molecule has 0 aliphatic heterocycles. The van der Waals surface area contributed by atoms with Gasteiger partial charge in [0.25, 0.3) is 0 Å². The Hall–Kier alpha value is -1.78. The second-order valence-corrected chi connectivity index (χ2v) is 4.95. The number of fused-ring (bicyclic) bond motifs is 1. The van der Waals surface area contributed by atoms with Crippen molar-refractivity contribution in [1.29, 1.82) is 0 Å². The lowest BCUT2D eigenvalue weighted by atomic mass is 10.1. The van der Waals surface area contributed by atoms with Crippen LogP contribution in [0.5, 0.6) is 5.75 Å². The van der Waals surface area contributed by atoms with Gasteiger partial charge >= 0.3 is 0 Å². The Morgan fingerprint density at radius 2 is 2.00 bits per heavy atom. The molecule has 0 atom stereocenters. The number of halogens is 1. The fourth-order valence-electron chi connectivity index (χ4n) is 1.96. The molecule has 0 saturated heterocycles. The second kappa shape index (κ2) is 3.61. The molecule has 92 valence electrons. The Bertz CT molecular complexity index is 569. The third kappa shape index (κ3) is 1.81. The molecule has 1 aromatic carbocycles. The fraction of sp³-hybridized carbons (Fsp3) is 0.417. The average molecular weight is 237 g/mol. The van der Waals surface area contributed by atoms with E-state index in [9.17, 15) is 4.39 Å². The predicted octanol–water partition coefficient (Wildman–Crippen LogP) is 2.52. The van der Waals surface area contributed by atoms with Crippen LogP contribution in [0.1, 0.15) is 20.8 Å². The quantitative estimate of drug-likeness (QED) is 0.829. The highest BCUT2D eigenvalue weighted by atomic mass is 19.1. The van der Waals surface area contributed by atoms with Gasteiger partial charge in [0.05, 0.1) is 18.1 Å². The second-order valence-electron chi connectivity index (χ2n) is 4.95. The van der Waals surface area contributed by atoms with Crippen LogP contribution in [0, 0.1) is 5.82 Å². The first kappa shape index (κ1) is 11.7. The molecule has 1 aromatic heterocycles. The predicted molar refractivity (Wildman–Crippen MR) is 65.7 cm³/mol. The Kier molecular flexibility index (Phi) is 2.49. The summed E-state index contributed by atoms with van der Waals surface area (Å²) in [6.07, 6.45) is 0. The van der Waals surface area contributed by atoms with Crippen LogP contribution in [0.15, 0.2) is 12.1 Å². The molecule has 0 unspecified atom stereocenters. The lowest BCUT2D eigenvalue weighted by Crippen LogP contribution is -2.23. The summed E-state index contributed by atoms with van der Waals surface area (Å²) >= 11 is 0. The number of imidazole rings is 1. The standard InChI is InChI=1S/C12H16FN3O/c1-12(2,3)16-9-6-10(17-4)7(13)5-8(9)15-11(16)14/h5-6H,1-4H3,(H2,14,15). The zero-order valence-corrected chi connectivity index (χ0v) is 10.4. The van der Waals surface area contributed by atoms with Crippen molar-refractivity contribution in [1.82, 2.24) is 9.55 Å². The molecule has 17 heavy (non-hydrogen) atoms. The van der Waals surface area contributed by atoms with Crippen molar-refractivity contribution in [3.8, 4) is 5.75 Å². The van der Waals surface area contributed by atoms with Crippen molar-refractivity contribution in [3.63, 3.8) is 0 Å². The number of anilines is 1. The Labute approximate surface area is 99.2 Å². The molecule has 0 saturated carbocycles. The molecule has 0 radical (unpaired) electrons. The van der Waals surface area contributed by atoms with Crippen molar-refractivity contribution in [2.75, 3.05) is 12.8 Å². The van der Waals surface area contributed by atoms with Crippen LogP contribution >= 0.6 is 0 Å². The van der Waals surface area contributed by atoms with E-state index < -0.39 is 5.82 Å². The van der Waals surface area contributed by atoms with Crippen molar-refractivity contribution in [3.05, 3.63) is 17.9 Å². The molecule has 0 fully saturated rings. The molecule has 0 aliphatic rings. The first-order valence-corrected chi connectivity index (χ1v) is 5.36. The van der Waals surface area contributed by atoms with Gasteiger partial charge < -0.3 is 15.0 Å². The number of rotatable bonds is 1. The monoisotopic (exact) mass is 237 g/mol. The van der Waals surface area contributed by atoms with Crippen LogP contribution in [0.25, 0.3) is 11.0 Å². The minimum Gasteiger partial charge on any atom is -0.494 e. The van der Waals surface area contributed by atoms with Gasteiger partial charge in [0.1, 0.15) is 0 Å². The summed E-state index contributed by atoms with van der Waals surface area (Å²) < 4.78 is 20.4. The van der Waals surface area contributed by atoms with Gasteiger partial charge in [0.15, 0.2) is 11.6 Å². The normalized spacial score (nSPS) is 12.1. The number of nitrogens with zero attached hydrogens (tertiary/aromatic N) is 2. The first-order valence-electron chi connectivity index (χ1n) is 5.36. The molecule has 0 bridgehead atoms. The number of aromatic nitrogens is 2. The van der Waals surface area contributed by atoms with Crippen molar-refractivity contribution in [2.24, 2.45) is 0 Å². The number of ether oxygens (including phenoxy) is 1. The number of hydrogen-bond acceptors (Lipinski definition) is 3. The molecule has 0 amide bonds. The molecule has 0 spiro atoms. The zero-order valence-electron chi connectivity index (χ0n) is 10.4. The number of methoxy groups -OCH3 is 1. The maximum atomic E-state index is 13.5. The van der Waals surface area contributed by atoms with E-state index >= 15 is 0 Å². The summed E-state index contributed by atoms with van der Waals surface area (Å²) in [6, 6.07) is 2.96. The molecule has 2 rings (SSSR count). The SMILES string of the molecule is COc1cc2c(cc1F)nc(N)n2C(C)(C)C. The van der Waals surface area contributed by atoms with Gasteiger partial charge in [-0.25, -0.2) is 9.37 Å².